The molecule has 3 nitrogen and oxygen atoms in total. The summed E-state index contributed by atoms with van der Waals surface area (Å²) in [5.41, 5.74) is 1.33. The molecule has 0 saturated carbocycles. The Hall–Kier alpha value is -1.89. The molecule has 0 heterocycles. The molecular weight excluding hydrogens is 297 g/mol. The average Bonchev–Trinajstić information content (AvgIpc) is 2.46. The van der Waals surface area contributed by atoms with E-state index in [0.29, 0.717) is 27.1 Å². The first-order valence-electron chi connectivity index (χ1n) is 5.79. The van der Waals surface area contributed by atoms with Crippen LogP contribution in [0.5, 0.6) is 11.5 Å². The Morgan fingerprint density at radius 1 is 1.10 bits per heavy atom. The lowest BCUT2D eigenvalue weighted by molar-refractivity contribution is 0.284. The van der Waals surface area contributed by atoms with E-state index in [-0.39, 0.29) is 6.61 Å². The van der Waals surface area contributed by atoms with Crippen LogP contribution in [0.2, 0.25) is 10.0 Å². The first kappa shape index (κ1) is 14.5. The number of ether oxygens (including phenoxy) is 2. The maximum absolute atomic E-state index is 8.84. The van der Waals surface area contributed by atoms with E-state index >= 15 is 0 Å². The van der Waals surface area contributed by atoms with Crippen LogP contribution in [0.3, 0.4) is 0 Å². The summed E-state index contributed by atoms with van der Waals surface area (Å²) >= 11 is 11.9. The fraction of sp³-hybridized carbons (Fsp3) is 0.133. The summed E-state index contributed by atoms with van der Waals surface area (Å²) in [6, 6.07) is 12.3. The highest BCUT2D eigenvalue weighted by molar-refractivity contribution is 6.35. The van der Waals surface area contributed by atoms with Crippen LogP contribution in [-0.4, -0.2) is 7.11 Å². The van der Waals surface area contributed by atoms with Crippen molar-refractivity contribution in [3.05, 3.63) is 57.6 Å². The summed E-state index contributed by atoms with van der Waals surface area (Å²) in [5, 5.41) is 9.97. The van der Waals surface area contributed by atoms with Crippen molar-refractivity contribution in [1.29, 1.82) is 5.26 Å². The van der Waals surface area contributed by atoms with Gasteiger partial charge < -0.3 is 9.47 Å². The third-order valence-corrected chi connectivity index (χ3v) is 3.28. The number of methoxy groups -OCH3 is 1. The Balaban J connectivity index is 2.16. The van der Waals surface area contributed by atoms with Gasteiger partial charge in [0.15, 0.2) is 11.5 Å². The summed E-state index contributed by atoms with van der Waals surface area (Å²) < 4.78 is 10.9. The van der Waals surface area contributed by atoms with Crippen molar-refractivity contribution in [2.45, 2.75) is 6.61 Å². The van der Waals surface area contributed by atoms with Crippen LogP contribution in [-0.2, 0) is 6.61 Å². The molecular formula is C15H11Cl2NO2. The molecule has 2 rings (SSSR count). The minimum atomic E-state index is 0.290. The average molecular weight is 308 g/mol. The van der Waals surface area contributed by atoms with Gasteiger partial charge in [0.05, 0.1) is 18.7 Å². The van der Waals surface area contributed by atoms with Crippen molar-refractivity contribution in [2.75, 3.05) is 7.11 Å². The lowest BCUT2D eigenvalue weighted by Gasteiger charge is -2.11. The molecule has 0 aliphatic rings. The number of rotatable bonds is 4. The van der Waals surface area contributed by atoms with Gasteiger partial charge in [-0.3, -0.25) is 0 Å². The molecule has 5 heteroatoms. The van der Waals surface area contributed by atoms with Crippen LogP contribution < -0.4 is 9.47 Å². The summed E-state index contributed by atoms with van der Waals surface area (Å²) in [5.74, 6) is 1.06. The Morgan fingerprint density at radius 3 is 2.55 bits per heavy atom. The van der Waals surface area contributed by atoms with E-state index in [2.05, 4.69) is 0 Å². The molecule has 0 aliphatic heterocycles. The van der Waals surface area contributed by atoms with Crippen LogP contribution in [0.25, 0.3) is 0 Å². The number of nitrogens with zero attached hydrogens (tertiary/aromatic N) is 1. The summed E-state index contributed by atoms with van der Waals surface area (Å²) in [6.07, 6.45) is 0. The van der Waals surface area contributed by atoms with E-state index in [9.17, 15) is 0 Å². The van der Waals surface area contributed by atoms with Crippen molar-refractivity contribution in [3.63, 3.8) is 0 Å². The van der Waals surface area contributed by atoms with Gasteiger partial charge in [-0.1, -0.05) is 29.3 Å². The highest BCUT2D eigenvalue weighted by atomic mass is 35.5. The Kier molecular flexibility index (Phi) is 4.73. The summed E-state index contributed by atoms with van der Waals surface area (Å²) in [6.45, 7) is 0.290. The summed E-state index contributed by atoms with van der Waals surface area (Å²) in [7, 11) is 1.53. The third-order valence-electron chi connectivity index (χ3n) is 2.69. The largest absolute Gasteiger partial charge is 0.493 e. The molecule has 2 aromatic rings. The molecule has 0 amide bonds. The molecule has 0 aromatic heterocycles. The standard InChI is InChI=1S/C15H11Cl2NO2/c1-19-15-6-10(8-18)2-5-14(15)20-9-11-3-4-12(16)7-13(11)17/h2-7H,9H2,1H3. The molecule has 0 bridgehead atoms. The Bertz CT molecular complexity index is 665. The normalized spacial score (nSPS) is 9.90. The molecule has 0 unspecified atom stereocenters. The number of halogens is 2. The van der Waals surface area contributed by atoms with Crippen LogP contribution in [0.1, 0.15) is 11.1 Å². The second-order valence-electron chi connectivity index (χ2n) is 4.00. The Labute approximate surface area is 127 Å². The fourth-order valence-corrected chi connectivity index (χ4v) is 2.11. The topological polar surface area (TPSA) is 42.2 Å². The minimum Gasteiger partial charge on any atom is -0.493 e. The fourth-order valence-electron chi connectivity index (χ4n) is 1.65. The number of hydrogen-bond donors (Lipinski definition) is 0. The van der Waals surface area contributed by atoms with E-state index in [0.717, 1.165) is 5.56 Å². The molecule has 0 spiro atoms. The van der Waals surface area contributed by atoms with E-state index in [1.807, 2.05) is 6.07 Å². The van der Waals surface area contributed by atoms with E-state index < -0.39 is 0 Å². The lowest BCUT2D eigenvalue weighted by atomic mass is 10.2. The monoisotopic (exact) mass is 307 g/mol. The van der Waals surface area contributed by atoms with E-state index in [4.69, 9.17) is 37.9 Å². The predicted octanol–water partition coefficient (Wildman–Crippen LogP) is 4.45. The van der Waals surface area contributed by atoms with E-state index in [1.54, 1.807) is 36.4 Å². The quantitative estimate of drug-likeness (QED) is 0.838. The second kappa shape index (κ2) is 6.51. The van der Waals surface area contributed by atoms with Gasteiger partial charge in [-0.05, 0) is 24.3 Å². The van der Waals surface area contributed by atoms with Crippen LogP contribution in [0, 0.1) is 11.3 Å². The summed E-state index contributed by atoms with van der Waals surface area (Å²) in [4.78, 5) is 0. The Morgan fingerprint density at radius 2 is 1.90 bits per heavy atom. The lowest BCUT2D eigenvalue weighted by Crippen LogP contribution is -1.98. The third kappa shape index (κ3) is 3.36. The van der Waals surface area contributed by atoms with Gasteiger partial charge in [-0.25, -0.2) is 0 Å². The molecule has 0 N–H and O–H groups in total. The van der Waals surface area contributed by atoms with Crippen molar-refractivity contribution in [2.24, 2.45) is 0 Å². The zero-order valence-corrected chi connectivity index (χ0v) is 12.2. The van der Waals surface area contributed by atoms with Gasteiger partial charge in [0, 0.05) is 21.7 Å². The predicted molar refractivity (Wildman–Crippen MR) is 78.5 cm³/mol. The molecule has 0 aliphatic carbocycles. The smallest absolute Gasteiger partial charge is 0.162 e. The molecule has 2 aromatic carbocycles. The molecule has 0 saturated heterocycles. The molecule has 102 valence electrons. The van der Waals surface area contributed by atoms with Crippen LogP contribution >= 0.6 is 23.2 Å². The SMILES string of the molecule is COc1cc(C#N)ccc1OCc1ccc(Cl)cc1Cl. The molecule has 20 heavy (non-hydrogen) atoms. The minimum absolute atomic E-state index is 0.290. The van der Waals surface area contributed by atoms with Crippen molar-refractivity contribution >= 4 is 23.2 Å². The first-order chi connectivity index (χ1) is 9.63. The van der Waals surface area contributed by atoms with Gasteiger partial charge in [-0.15, -0.1) is 0 Å². The highest BCUT2D eigenvalue weighted by Gasteiger charge is 2.08. The van der Waals surface area contributed by atoms with Gasteiger partial charge in [0.2, 0.25) is 0 Å². The maximum Gasteiger partial charge on any atom is 0.162 e. The maximum atomic E-state index is 8.84. The number of benzene rings is 2. The molecule has 0 radical (unpaired) electrons. The zero-order chi connectivity index (χ0) is 14.5. The van der Waals surface area contributed by atoms with Crippen molar-refractivity contribution in [3.8, 4) is 17.6 Å². The van der Waals surface area contributed by atoms with Crippen molar-refractivity contribution < 1.29 is 9.47 Å². The van der Waals surface area contributed by atoms with Gasteiger partial charge in [-0.2, -0.15) is 5.26 Å². The van der Waals surface area contributed by atoms with Crippen LogP contribution in [0.4, 0.5) is 0 Å². The second-order valence-corrected chi connectivity index (χ2v) is 4.85. The van der Waals surface area contributed by atoms with Gasteiger partial charge in [0.25, 0.3) is 0 Å². The van der Waals surface area contributed by atoms with E-state index in [1.165, 1.54) is 7.11 Å². The van der Waals surface area contributed by atoms with Crippen molar-refractivity contribution in [1.82, 2.24) is 0 Å². The van der Waals surface area contributed by atoms with Gasteiger partial charge >= 0.3 is 0 Å². The molecule has 0 fully saturated rings. The number of hydrogen-bond acceptors (Lipinski definition) is 3. The number of nitriles is 1. The van der Waals surface area contributed by atoms with Crippen LogP contribution in [0.15, 0.2) is 36.4 Å². The highest BCUT2D eigenvalue weighted by Crippen LogP contribution is 2.29. The first-order valence-corrected chi connectivity index (χ1v) is 6.54. The molecule has 0 atom stereocenters. The van der Waals surface area contributed by atoms with Gasteiger partial charge in [0.1, 0.15) is 6.61 Å². The zero-order valence-electron chi connectivity index (χ0n) is 10.7.